The third-order valence-electron chi connectivity index (χ3n) is 10.5. The van der Waals surface area contributed by atoms with Crippen LogP contribution in [-0.4, -0.2) is 71.5 Å². The Balaban J connectivity index is 1.66. The van der Waals surface area contributed by atoms with Crippen molar-refractivity contribution in [1.82, 2.24) is 0 Å². The molecule has 0 aromatic carbocycles. The number of ketones is 1. The number of fused-ring (bicyclic) bond motifs is 5. The summed E-state index contributed by atoms with van der Waals surface area (Å²) in [6.45, 7) is 8.96. The highest BCUT2D eigenvalue weighted by Crippen LogP contribution is 2.68. The quantitative estimate of drug-likeness (QED) is 0.353. The zero-order valence-electron chi connectivity index (χ0n) is 21.3. The van der Waals surface area contributed by atoms with Gasteiger partial charge in [0.25, 0.3) is 0 Å². The van der Waals surface area contributed by atoms with Gasteiger partial charge in [-0.3, -0.25) is 4.79 Å². The van der Waals surface area contributed by atoms with Crippen molar-refractivity contribution in [3.05, 3.63) is 11.6 Å². The second-order valence-electron chi connectivity index (χ2n) is 13.2. The number of hydrogen-bond acceptors (Lipinski definition) is 7. The van der Waals surface area contributed by atoms with E-state index in [1.165, 1.54) is 0 Å². The first-order valence-electron chi connectivity index (χ1n) is 12.9. The van der Waals surface area contributed by atoms with E-state index in [1.807, 2.05) is 13.8 Å². The maximum absolute atomic E-state index is 13.2. The van der Waals surface area contributed by atoms with E-state index in [2.05, 4.69) is 0 Å². The lowest BCUT2D eigenvalue weighted by atomic mass is 9.45. The fourth-order valence-corrected chi connectivity index (χ4v) is 8.32. The first kappa shape index (κ1) is 26.2. The molecule has 34 heavy (non-hydrogen) atoms. The molecule has 0 aromatic heterocycles. The van der Waals surface area contributed by atoms with Crippen LogP contribution in [0.25, 0.3) is 0 Å². The second-order valence-corrected chi connectivity index (χ2v) is 13.2. The average molecular weight is 481 g/mol. The van der Waals surface area contributed by atoms with Crippen LogP contribution in [0.1, 0.15) is 86.0 Å². The molecule has 0 unspecified atom stereocenters. The van der Waals surface area contributed by atoms with Crippen LogP contribution in [0.4, 0.5) is 0 Å². The number of allylic oxidation sites excluding steroid dienone is 1. The first-order chi connectivity index (χ1) is 15.5. The molecule has 3 saturated carbocycles. The Hall–Kier alpha value is -0.830. The van der Waals surface area contributed by atoms with Gasteiger partial charge in [0.05, 0.1) is 35.1 Å². The van der Waals surface area contributed by atoms with Crippen molar-refractivity contribution in [2.24, 2.45) is 28.6 Å². The topological polar surface area (TPSA) is 138 Å². The maximum atomic E-state index is 13.2. The summed E-state index contributed by atoms with van der Waals surface area (Å²) in [6, 6.07) is 0. The molecule has 7 heteroatoms. The fraction of sp³-hybridized carbons (Fsp3) is 0.889. The molecular formula is C27H44O7. The molecule has 0 aliphatic heterocycles. The molecule has 0 amide bonds. The van der Waals surface area contributed by atoms with Crippen molar-refractivity contribution >= 4 is 5.78 Å². The lowest BCUT2D eigenvalue weighted by molar-refractivity contribution is -0.177. The van der Waals surface area contributed by atoms with E-state index >= 15 is 0 Å². The Kier molecular flexibility index (Phi) is 6.24. The molecule has 6 N–H and O–H groups in total. The summed E-state index contributed by atoms with van der Waals surface area (Å²) in [6.07, 6.45) is 2.11. The highest BCUT2D eigenvalue weighted by atomic mass is 16.3. The zero-order chi connectivity index (χ0) is 25.5. The van der Waals surface area contributed by atoms with Gasteiger partial charge in [-0.05, 0) is 101 Å². The summed E-state index contributed by atoms with van der Waals surface area (Å²) < 4.78 is 0. The molecule has 3 fully saturated rings. The van der Waals surface area contributed by atoms with E-state index in [-0.39, 0.29) is 36.4 Å². The van der Waals surface area contributed by atoms with E-state index < -0.39 is 45.9 Å². The van der Waals surface area contributed by atoms with Crippen LogP contribution in [0.2, 0.25) is 0 Å². The molecule has 0 spiro atoms. The van der Waals surface area contributed by atoms with Gasteiger partial charge in [0.15, 0.2) is 5.78 Å². The number of rotatable bonds is 5. The van der Waals surface area contributed by atoms with Crippen LogP contribution in [0.3, 0.4) is 0 Å². The molecule has 194 valence electrons. The Bertz CT molecular complexity index is 860. The van der Waals surface area contributed by atoms with Crippen molar-refractivity contribution in [2.75, 3.05) is 0 Å². The molecule has 4 rings (SSSR count). The van der Waals surface area contributed by atoms with Gasteiger partial charge in [0.1, 0.15) is 0 Å². The molecule has 0 heterocycles. The fourth-order valence-electron chi connectivity index (χ4n) is 8.32. The Morgan fingerprint density at radius 2 is 1.71 bits per heavy atom. The molecule has 0 aromatic rings. The number of aliphatic hydroxyl groups is 6. The van der Waals surface area contributed by atoms with Crippen LogP contribution in [-0.2, 0) is 4.79 Å². The summed E-state index contributed by atoms with van der Waals surface area (Å²) >= 11 is 0. The van der Waals surface area contributed by atoms with Crippen LogP contribution in [0, 0.1) is 28.6 Å². The zero-order valence-corrected chi connectivity index (χ0v) is 21.3. The van der Waals surface area contributed by atoms with Gasteiger partial charge in [-0.15, -0.1) is 0 Å². The van der Waals surface area contributed by atoms with Crippen LogP contribution in [0.5, 0.6) is 0 Å². The molecule has 0 saturated heterocycles. The second kappa shape index (κ2) is 8.09. The molecule has 10 atom stereocenters. The van der Waals surface area contributed by atoms with E-state index in [0.29, 0.717) is 44.1 Å². The lowest BCUT2D eigenvalue weighted by Crippen LogP contribution is -2.62. The average Bonchev–Trinajstić information content (AvgIpc) is 3.00. The van der Waals surface area contributed by atoms with E-state index in [1.54, 1.807) is 26.8 Å². The monoisotopic (exact) mass is 480 g/mol. The van der Waals surface area contributed by atoms with Gasteiger partial charge < -0.3 is 30.6 Å². The third kappa shape index (κ3) is 3.73. The standard InChI is InChI=1S/C27H44O7/c1-23(2,32)9-8-22(31)26(5,33)21-7-11-27(34)16-12-18(28)17-13-19(29)20(30)14-24(17,3)15(16)6-10-25(21,27)4/h12,15,17,19-22,29-34H,6-11,13-14H2,1-5H3/t15-,17+,19-,20-,21+,22+,24+,25+,26+,27+/m0/s1. The summed E-state index contributed by atoms with van der Waals surface area (Å²) in [5, 5.41) is 65.5. The highest BCUT2D eigenvalue weighted by Gasteiger charge is 2.69. The van der Waals surface area contributed by atoms with Gasteiger partial charge >= 0.3 is 0 Å². The van der Waals surface area contributed by atoms with Crippen molar-refractivity contribution < 1.29 is 35.4 Å². The summed E-state index contributed by atoms with van der Waals surface area (Å²) in [7, 11) is 0. The van der Waals surface area contributed by atoms with Crippen LogP contribution < -0.4 is 0 Å². The number of hydrogen-bond donors (Lipinski definition) is 6. The van der Waals surface area contributed by atoms with Crippen molar-refractivity contribution in [1.29, 1.82) is 0 Å². The SMILES string of the molecule is CC(C)(O)CC[C@@H](O)[C@](C)(O)[C@@H]1CC[C@@]2(O)C3=CC(=O)[C@H]4C[C@H](O)[C@@H](O)C[C@]4(C)[C@H]3CC[C@]12C. The number of carbonyl (C=O) groups is 1. The van der Waals surface area contributed by atoms with Crippen molar-refractivity contribution in [3.63, 3.8) is 0 Å². The predicted octanol–water partition coefficient (Wildman–Crippen LogP) is 1.85. The van der Waals surface area contributed by atoms with Crippen molar-refractivity contribution in [3.8, 4) is 0 Å². The molecule has 0 radical (unpaired) electrons. The van der Waals surface area contributed by atoms with Crippen LogP contribution >= 0.6 is 0 Å². The normalized spacial score (nSPS) is 47.2. The van der Waals surface area contributed by atoms with Crippen molar-refractivity contribution in [2.45, 2.75) is 121 Å². The Morgan fingerprint density at radius 3 is 2.32 bits per heavy atom. The Labute approximate surface area is 202 Å². The van der Waals surface area contributed by atoms with E-state index in [9.17, 15) is 35.4 Å². The summed E-state index contributed by atoms with van der Waals surface area (Å²) in [5.74, 6) is -0.948. The van der Waals surface area contributed by atoms with E-state index in [0.717, 1.165) is 0 Å². The Morgan fingerprint density at radius 1 is 1.06 bits per heavy atom. The minimum atomic E-state index is -1.46. The maximum Gasteiger partial charge on any atom is 0.159 e. The predicted molar refractivity (Wildman–Crippen MR) is 127 cm³/mol. The number of carbonyl (C=O) groups excluding carboxylic acids is 1. The van der Waals surface area contributed by atoms with Gasteiger partial charge in [0.2, 0.25) is 0 Å². The first-order valence-corrected chi connectivity index (χ1v) is 12.9. The largest absolute Gasteiger partial charge is 0.390 e. The molecule has 0 bridgehead atoms. The number of aliphatic hydroxyl groups excluding tert-OH is 3. The summed E-state index contributed by atoms with van der Waals surface area (Å²) in [4.78, 5) is 13.2. The minimum Gasteiger partial charge on any atom is -0.390 e. The van der Waals surface area contributed by atoms with Gasteiger partial charge in [-0.25, -0.2) is 0 Å². The van der Waals surface area contributed by atoms with Gasteiger partial charge in [0, 0.05) is 11.3 Å². The van der Waals surface area contributed by atoms with E-state index in [4.69, 9.17) is 0 Å². The minimum absolute atomic E-state index is 0.0840. The van der Waals surface area contributed by atoms with Gasteiger partial charge in [-0.1, -0.05) is 13.8 Å². The molecule has 4 aliphatic rings. The molecular weight excluding hydrogens is 436 g/mol. The third-order valence-corrected chi connectivity index (χ3v) is 10.5. The van der Waals surface area contributed by atoms with Gasteiger partial charge in [-0.2, -0.15) is 0 Å². The lowest BCUT2D eigenvalue weighted by Gasteiger charge is -2.60. The summed E-state index contributed by atoms with van der Waals surface area (Å²) in [5.41, 5.74) is -4.27. The highest BCUT2D eigenvalue weighted by molar-refractivity contribution is 5.95. The molecule has 4 aliphatic carbocycles. The van der Waals surface area contributed by atoms with Crippen LogP contribution in [0.15, 0.2) is 11.6 Å². The smallest absolute Gasteiger partial charge is 0.159 e. The molecule has 7 nitrogen and oxygen atoms in total.